The number of rotatable bonds is 7. The molecule has 1 N–H and O–H groups in total. The molecule has 0 saturated carbocycles. The number of hydrogen-bond donors (Lipinski definition) is 1. The van der Waals surface area contributed by atoms with E-state index in [1.807, 2.05) is 59.2 Å². The van der Waals surface area contributed by atoms with Gasteiger partial charge in [-0.05, 0) is 43.6 Å². The molecule has 1 aliphatic rings. The zero-order chi connectivity index (χ0) is 23.2. The van der Waals surface area contributed by atoms with Gasteiger partial charge in [-0.3, -0.25) is 19.3 Å². The summed E-state index contributed by atoms with van der Waals surface area (Å²) >= 11 is 5.38. The molecule has 1 fully saturated rings. The molecule has 0 radical (unpaired) electrons. The summed E-state index contributed by atoms with van der Waals surface area (Å²) in [6.07, 6.45) is 2.27. The van der Waals surface area contributed by atoms with E-state index in [1.54, 1.807) is 4.57 Å². The monoisotopic (exact) mass is 463 g/mol. The number of carbonyl (C=O) groups excluding carboxylic acids is 2. The number of nitrogens with one attached hydrogen (secondary N) is 1. The lowest BCUT2D eigenvalue weighted by atomic mass is 10.1. The van der Waals surface area contributed by atoms with Gasteiger partial charge in [-0.25, -0.2) is 0 Å². The number of aromatic amines is 1. The molecule has 33 heavy (non-hydrogen) atoms. The summed E-state index contributed by atoms with van der Waals surface area (Å²) in [7, 11) is 0. The van der Waals surface area contributed by atoms with Crippen molar-refractivity contribution in [2.24, 2.45) is 0 Å². The topological polar surface area (TPSA) is 74.2 Å². The highest BCUT2D eigenvalue weighted by Gasteiger charge is 2.25. The molecule has 172 valence electrons. The fraction of sp³-hybridized carbons (Fsp3) is 0.360. The Morgan fingerprint density at radius 3 is 2.36 bits per heavy atom. The Labute approximate surface area is 199 Å². The van der Waals surface area contributed by atoms with Gasteiger partial charge in [0.25, 0.3) is 0 Å². The van der Waals surface area contributed by atoms with E-state index in [9.17, 15) is 9.59 Å². The van der Waals surface area contributed by atoms with Gasteiger partial charge in [-0.1, -0.05) is 54.1 Å². The van der Waals surface area contributed by atoms with Crippen LogP contribution in [0.5, 0.6) is 0 Å². The van der Waals surface area contributed by atoms with Crippen LogP contribution >= 0.6 is 12.2 Å². The van der Waals surface area contributed by atoms with E-state index < -0.39 is 0 Å². The molecule has 3 aromatic rings. The quantitative estimate of drug-likeness (QED) is 0.543. The summed E-state index contributed by atoms with van der Waals surface area (Å²) in [5.41, 5.74) is 3.29. The van der Waals surface area contributed by atoms with Gasteiger partial charge in [-0.2, -0.15) is 5.10 Å². The predicted octanol–water partition coefficient (Wildman–Crippen LogP) is 3.61. The minimum absolute atomic E-state index is 0.0161. The number of hydrogen-bond acceptors (Lipinski definition) is 4. The van der Waals surface area contributed by atoms with Crippen LogP contribution in [0.4, 0.5) is 0 Å². The van der Waals surface area contributed by atoms with Crippen molar-refractivity contribution in [3.05, 3.63) is 70.5 Å². The SMILES string of the molecule is Cc1cccc(-c2n[nH]c(=S)n2CC(=O)N2CCN(C(=O)CCCc3ccccc3)CC2)c1. The zero-order valence-electron chi connectivity index (χ0n) is 18.9. The van der Waals surface area contributed by atoms with Crippen LogP contribution in [-0.4, -0.2) is 62.6 Å². The van der Waals surface area contributed by atoms with E-state index in [0.29, 0.717) is 43.2 Å². The molecule has 1 saturated heterocycles. The van der Waals surface area contributed by atoms with E-state index >= 15 is 0 Å². The summed E-state index contributed by atoms with van der Waals surface area (Å²) < 4.78 is 2.17. The van der Waals surface area contributed by atoms with Gasteiger partial charge in [-0.15, -0.1) is 0 Å². The first-order valence-electron chi connectivity index (χ1n) is 11.3. The highest BCUT2D eigenvalue weighted by atomic mass is 32.1. The van der Waals surface area contributed by atoms with Crippen LogP contribution in [0.2, 0.25) is 0 Å². The summed E-state index contributed by atoms with van der Waals surface area (Å²) in [5.74, 6) is 0.804. The Morgan fingerprint density at radius 1 is 0.970 bits per heavy atom. The Morgan fingerprint density at radius 2 is 1.67 bits per heavy atom. The van der Waals surface area contributed by atoms with Gasteiger partial charge in [0.15, 0.2) is 10.6 Å². The van der Waals surface area contributed by atoms with E-state index in [-0.39, 0.29) is 18.4 Å². The summed E-state index contributed by atoms with van der Waals surface area (Å²) in [6, 6.07) is 18.2. The van der Waals surface area contributed by atoms with Crippen molar-refractivity contribution in [3.63, 3.8) is 0 Å². The second-order valence-electron chi connectivity index (χ2n) is 8.41. The molecule has 2 amide bonds. The molecule has 0 bridgehead atoms. The largest absolute Gasteiger partial charge is 0.339 e. The summed E-state index contributed by atoms with van der Waals surface area (Å²) in [4.78, 5) is 29.3. The summed E-state index contributed by atoms with van der Waals surface area (Å²) in [5, 5.41) is 7.14. The second kappa shape index (κ2) is 10.6. The Bertz CT molecular complexity index is 1160. The van der Waals surface area contributed by atoms with E-state index in [2.05, 4.69) is 22.3 Å². The number of nitrogens with zero attached hydrogens (tertiary/aromatic N) is 4. The van der Waals surface area contributed by atoms with Crippen LogP contribution in [0.25, 0.3) is 11.4 Å². The molecule has 1 aliphatic heterocycles. The van der Waals surface area contributed by atoms with E-state index in [1.165, 1.54) is 5.56 Å². The van der Waals surface area contributed by atoms with Gasteiger partial charge in [0.1, 0.15) is 6.54 Å². The lowest BCUT2D eigenvalue weighted by Gasteiger charge is -2.35. The highest BCUT2D eigenvalue weighted by molar-refractivity contribution is 7.71. The molecule has 0 spiro atoms. The number of carbonyl (C=O) groups is 2. The van der Waals surface area contributed by atoms with Gasteiger partial charge in [0, 0.05) is 38.2 Å². The third kappa shape index (κ3) is 5.76. The predicted molar refractivity (Wildman–Crippen MR) is 130 cm³/mol. The molecule has 2 aromatic carbocycles. The van der Waals surface area contributed by atoms with Crippen LogP contribution in [0.15, 0.2) is 54.6 Å². The van der Waals surface area contributed by atoms with Crippen LogP contribution in [0.3, 0.4) is 0 Å². The van der Waals surface area contributed by atoms with Crippen molar-refractivity contribution in [2.45, 2.75) is 32.7 Å². The van der Waals surface area contributed by atoms with Crippen LogP contribution in [0.1, 0.15) is 24.0 Å². The third-order valence-electron chi connectivity index (χ3n) is 6.01. The zero-order valence-corrected chi connectivity index (χ0v) is 19.7. The normalized spacial score (nSPS) is 13.8. The van der Waals surface area contributed by atoms with Crippen molar-refractivity contribution in [3.8, 4) is 11.4 Å². The number of H-pyrrole nitrogens is 1. The molecule has 0 atom stereocenters. The maximum Gasteiger partial charge on any atom is 0.242 e. The first-order chi connectivity index (χ1) is 16.0. The highest BCUT2D eigenvalue weighted by Crippen LogP contribution is 2.19. The van der Waals surface area contributed by atoms with Crippen molar-refractivity contribution >= 4 is 24.0 Å². The van der Waals surface area contributed by atoms with Gasteiger partial charge in [0.2, 0.25) is 11.8 Å². The average molecular weight is 464 g/mol. The van der Waals surface area contributed by atoms with Crippen molar-refractivity contribution in [1.29, 1.82) is 0 Å². The van der Waals surface area contributed by atoms with Crippen LogP contribution < -0.4 is 0 Å². The van der Waals surface area contributed by atoms with Crippen LogP contribution in [-0.2, 0) is 22.6 Å². The van der Waals surface area contributed by atoms with Gasteiger partial charge < -0.3 is 9.80 Å². The smallest absolute Gasteiger partial charge is 0.242 e. The number of aromatic nitrogens is 3. The molecular formula is C25H29N5O2S. The second-order valence-corrected chi connectivity index (χ2v) is 8.80. The Kier molecular flexibility index (Phi) is 7.34. The van der Waals surface area contributed by atoms with Crippen molar-refractivity contribution in [2.75, 3.05) is 26.2 Å². The van der Waals surface area contributed by atoms with Gasteiger partial charge >= 0.3 is 0 Å². The lowest BCUT2D eigenvalue weighted by molar-refractivity contribution is -0.140. The fourth-order valence-corrected chi connectivity index (χ4v) is 4.35. The van der Waals surface area contributed by atoms with Crippen molar-refractivity contribution < 1.29 is 9.59 Å². The molecule has 8 heteroatoms. The van der Waals surface area contributed by atoms with E-state index in [4.69, 9.17) is 12.2 Å². The van der Waals surface area contributed by atoms with E-state index in [0.717, 1.165) is 24.0 Å². The third-order valence-corrected chi connectivity index (χ3v) is 6.32. The maximum absolute atomic E-state index is 13.0. The minimum Gasteiger partial charge on any atom is -0.339 e. The average Bonchev–Trinajstić information content (AvgIpc) is 3.19. The number of benzene rings is 2. The molecule has 2 heterocycles. The van der Waals surface area contributed by atoms with Gasteiger partial charge in [0.05, 0.1) is 0 Å². The summed E-state index contributed by atoms with van der Waals surface area (Å²) in [6.45, 7) is 4.35. The molecule has 1 aromatic heterocycles. The standard InChI is InChI=1S/C25H29N5O2S/c1-19-7-5-11-21(17-19)24-26-27-25(33)30(24)18-23(32)29-15-13-28(14-16-29)22(31)12-6-10-20-8-3-2-4-9-20/h2-5,7-9,11,17H,6,10,12-16,18H2,1H3,(H,27,33). The molecule has 4 rings (SSSR count). The Hall–Kier alpha value is -3.26. The fourth-order valence-electron chi connectivity index (χ4n) is 4.16. The molecule has 0 unspecified atom stereocenters. The molecular weight excluding hydrogens is 434 g/mol. The van der Waals surface area contributed by atoms with Crippen LogP contribution in [0, 0.1) is 11.7 Å². The lowest BCUT2D eigenvalue weighted by Crippen LogP contribution is -2.51. The number of piperazine rings is 1. The minimum atomic E-state index is -0.0161. The Balaban J connectivity index is 1.29. The molecule has 0 aliphatic carbocycles. The first-order valence-corrected chi connectivity index (χ1v) is 11.7. The number of aryl methyl sites for hydroxylation is 2. The maximum atomic E-state index is 13.0. The molecule has 7 nitrogen and oxygen atoms in total. The first kappa shape index (κ1) is 22.9. The number of amides is 2. The van der Waals surface area contributed by atoms with Crippen molar-refractivity contribution in [1.82, 2.24) is 24.6 Å².